The van der Waals surface area contributed by atoms with Gasteiger partial charge in [0.2, 0.25) is 5.95 Å². The van der Waals surface area contributed by atoms with Gasteiger partial charge in [0.05, 0.1) is 6.10 Å². The van der Waals surface area contributed by atoms with Gasteiger partial charge in [0.1, 0.15) is 12.0 Å². The van der Waals surface area contributed by atoms with Crippen LogP contribution in [0.3, 0.4) is 0 Å². The second-order valence-corrected chi connectivity index (χ2v) is 5.87. The fourth-order valence-corrected chi connectivity index (χ4v) is 3.60. The molecule has 0 radical (unpaired) electrons. The number of aliphatic hydroxyl groups excluding tert-OH is 1. The lowest BCUT2D eigenvalue weighted by Gasteiger charge is -2.37. The van der Waals surface area contributed by atoms with E-state index in [1.54, 1.807) is 10.9 Å². The molecule has 2 fully saturated rings. The Morgan fingerprint density at radius 1 is 1.19 bits per heavy atom. The van der Waals surface area contributed by atoms with Crippen LogP contribution in [0, 0.1) is 0 Å². The van der Waals surface area contributed by atoms with Gasteiger partial charge < -0.3 is 10.0 Å². The Hall–Kier alpha value is -2.02. The predicted molar refractivity (Wildman–Crippen MR) is 76.6 cm³/mol. The molecule has 0 aromatic carbocycles. The van der Waals surface area contributed by atoms with E-state index < -0.39 is 0 Å². The zero-order valence-electron chi connectivity index (χ0n) is 11.9. The van der Waals surface area contributed by atoms with E-state index >= 15 is 0 Å². The summed E-state index contributed by atoms with van der Waals surface area (Å²) < 4.78 is 1.71. The van der Waals surface area contributed by atoms with Gasteiger partial charge in [0.15, 0.2) is 5.82 Å². The standard InChI is InChI=1S/C14H18N6O/c1-19-13(16-8-17-19)12-4-5-15-14(18-12)20-9-2-3-10(20)7-11(21)6-9/h4-5,8-11,21H,2-3,6-7H2,1H3/t9-,10+,11?. The van der Waals surface area contributed by atoms with Crippen molar-refractivity contribution < 1.29 is 5.11 Å². The molecule has 2 aliphatic heterocycles. The quantitative estimate of drug-likeness (QED) is 0.878. The zero-order valence-corrected chi connectivity index (χ0v) is 11.9. The van der Waals surface area contributed by atoms with Gasteiger partial charge in [-0.15, -0.1) is 0 Å². The number of fused-ring (bicyclic) bond motifs is 2. The van der Waals surface area contributed by atoms with E-state index in [1.165, 1.54) is 6.33 Å². The topological polar surface area (TPSA) is 80.0 Å². The maximum atomic E-state index is 9.91. The summed E-state index contributed by atoms with van der Waals surface area (Å²) in [6.45, 7) is 0. The SMILES string of the molecule is Cn1ncnc1-c1ccnc(N2[C@@H]3CC[C@H]2CC(O)C3)n1. The van der Waals surface area contributed by atoms with Crippen LogP contribution in [0.25, 0.3) is 11.5 Å². The van der Waals surface area contributed by atoms with E-state index in [0.29, 0.717) is 12.1 Å². The molecule has 0 aliphatic carbocycles. The van der Waals surface area contributed by atoms with Crippen molar-refractivity contribution in [3.63, 3.8) is 0 Å². The third-order valence-corrected chi connectivity index (χ3v) is 4.52. The lowest BCUT2D eigenvalue weighted by atomic mass is 10.0. The summed E-state index contributed by atoms with van der Waals surface area (Å²) in [5, 5.41) is 14.0. The van der Waals surface area contributed by atoms with Gasteiger partial charge in [-0.25, -0.2) is 19.6 Å². The first-order valence-electron chi connectivity index (χ1n) is 7.36. The Bertz CT molecular complexity index is 642. The number of aliphatic hydroxyl groups is 1. The second-order valence-electron chi connectivity index (χ2n) is 5.87. The fourth-order valence-electron chi connectivity index (χ4n) is 3.60. The molecule has 2 aromatic rings. The highest BCUT2D eigenvalue weighted by Crippen LogP contribution is 2.38. The Morgan fingerprint density at radius 3 is 2.62 bits per heavy atom. The number of aromatic nitrogens is 5. The minimum atomic E-state index is -0.180. The maximum absolute atomic E-state index is 9.91. The highest BCUT2D eigenvalue weighted by atomic mass is 16.3. The number of piperidine rings is 1. The molecule has 4 heterocycles. The molecule has 2 aliphatic rings. The van der Waals surface area contributed by atoms with Crippen LogP contribution in [0.5, 0.6) is 0 Å². The summed E-state index contributed by atoms with van der Waals surface area (Å²) >= 11 is 0. The first-order chi connectivity index (χ1) is 10.2. The molecular weight excluding hydrogens is 268 g/mol. The van der Waals surface area contributed by atoms with E-state index in [-0.39, 0.29) is 6.10 Å². The molecule has 2 bridgehead atoms. The first-order valence-corrected chi connectivity index (χ1v) is 7.36. The minimum Gasteiger partial charge on any atom is -0.393 e. The van der Waals surface area contributed by atoms with Crippen LogP contribution in [0.1, 0.15) is 25.7 Å². The summed E-state index contributed by atoms with van der Waals surface area (Å²) in [5.74, 6) is 1.48. The normalized spacial score (nSPS) is 28.1. The van der Waals surface area contributed by atoms with E-state index in [2.05, 4.69) is 25.0 Å². The molecule has 0 spiro atoms. The van der Waals surface area contributed by atoms with E-state index in [0.717, 1.165) is 43.1 Å². The predicted octanol–water partition coefficient (Wildman–Crippen LogP) is 0.764. The fraction of sp³-hybridized carbons (Fsp3) is 0.571. The molecule has 1 unspecified atom stereocenters. The Balaban J connectivity index is 1.69. The maximum Gasteiger partial charge on any atom is 0.226 e. The lowest BCUT2D eigenvalue weighted by molar-refractivity contribution is 0.125. The number of rotatable bonds is 2. The summed E-state index contributed by atoms with van der Waals surface area (Å²) in [6, 6.07) is 2.57. The van der Waals surface area contributed by atoms with Crippen LogP contribution in [-0.2, 0) is 7.05 Å². The molecule has 1 N–H and O–H groups in total. The van der Waals surface area contributed by atoms with Crippen LogP contribution in [0.2, 0.25) is 0 Å². The number of hydrogen-bond acceptors (Lipinski definition) is 6. The Kier molecular flexibility index (Phi) is 2.88. The summed E-state index contributed by atoms with van der Waals surface area (Å²) in [6.07, 6.45) is 6.97. The average molecular weight is 286 g/mol. The molecule has 4 rings (SSSR count). The molecule has 2 aromatic heterocycles. The molecule has 110 valence electrons. The molecular formula is C14H18N6O. The van der Waals surface area contributed by atoms with Crippen LogP contribution in [-0.4, -0.2) is 48.0 Å². The molecule has 0 saturated carbocycles. The van der Waals surface area contributed by atoms with Gasteiger partial charge in [0, 0.05) is 25.3 Å². The van der Waals surface area contributed by atoms with E-state index in [9.17, 15) is 5.11 Å². The summed E-state index contributed by atoms with van der Waals surface area (Å²) in [4.78, 5) is 15.6. The lowest BCUT2D eigenvalue weighted by Crippen LogP contribution is -2.45. The number of anilines is 1. The molecule has 7 heteroatoms. The Labute approximate surface area is 122 Å². The van der Waals surface area contributed by atoms with Crippen molar-refractivity contribution >= 4 is 5.95 Å². The van der Waals surface area contributed by atoms with Gasteiger partial charge in [-0.05, 0) is 31.7 Å². The van der Waals surface area contributed by atoms with Crippen LogP contribution < -0.4 is 4.90 Å². The first kappa shape index (κ1) is 12.7. The van der Waals surface area contributed by atoms with Crippen molar-refractivity contribution in [3.8, 4) is 11.5 Å². The molecule has 3 atom stereocenters. The molecule has 2 saturated heterocycles. The highest BCUT2D eigenvalue weighted by molar-refractivity contribution is 5.52. The van der Waals surface area contributed by atoms with Crippen LogP contribution in [0.4, 0.5) is 5.95 Å². The van der Waals surface area contributed by atoms with E-state index in [4.69, 9.17) is 0 Å². The molecule has 0 amide bonds. The van der Waals surface area contributed by atoms with Crippen molar-refractivity contribution in [2.45, 2.75) is 43.9 Å². The van der Waals surface area contributed by atoms with E-state index in [1.807, 2.05) is 13.1 Å². The third kappa shape index (κ3) is 2.08. The monoisotopic (exact) mass is 286 g/mol. The largest absolute Gasteiger partial charge is 0.393 e. The number of nitrogens with zero attached hydrogens (tertiary/aromatic N) is 6. The summed E-state index contributed by atoms with van der Waals surface area (Å²) in [7, 11) is 1.85. The Morgan fingerprint density at radius 2 is 1.95 bits per heavy atom. The smallest absolute Gasteiger partial charge is 0.226 e. The zero-order chi connectivity index (χ0) is 14.4. The van der Waals surface area contributed by atoms with Gasteiger partial charge in [-0.2, -0.15) is 5.10 Å². The number of aryl methyl sites for hydroxylation is 1. The van der Waals surface area contributed by atoms with Gasteiger partial charge in [-0.1, -0.05) is 0 Å². The van der Waals surface area contributed by atoms with Crippen molar-refractivity contribution in [1.82, 2.24) is 24.7 Å². The molecule has 7 nitrogen and oxygen atoms in total. The molecule has 21 heavy (non-hydrogen) atoms. The summed E-state index contributed by atoms with van der Waals surface area (Å²) in [5.41, 5.74) is 0.783. The van der Waals surface area contributed by atoms with Crippen LogP contribution >= 0.6 is 0 Å². The van der Waals surface area contributed by atoms with Crippen molar-refractivity contribution in [2.24, 2.45) is 7.05 Å². The minimum absolute atomic E-state index is 0.180. The van der Waals surface area contributed by atoms with Crippen molar-refractivity contribution in [2.75, 3.05) is 4.90 Å². The van der Waals surface area contributed by atoms with Crippen molar-refractivity contribution in [3.05, 3.63) is 18.6 Å². The number of hydrogen-bond donors (Lipinski definition) is 1. The third-order valence-electron chi connectivity index (χ3n) is 4.52. The van der Waals surface area contributed by atoms with Gasteiger partial charge in [0.25, 0.3) is 0 Å². The average Bonchev–Trinajstić information content (AvgIpc) is 3.01. The highest BCUT2D eigenvalue weighted by Gasteiger charge is 2.41. The van der Waals surface area contributed by atoms with Crippen molar-refractivity contribution in [1.29, 1.82) is 0 Å². The van der Waals surface area contributed by atoms with Crippen LogP contribution in [0.15, 0.2) is 18.6 Å². The van der Waals surface area contributed by atoms with Gasteiger partial charge in [-0.3, -0.25) is 0 Å². The van der Waals surface area contributed by atoms with Gasteiger partial charge >= 0.3 is 0 Å². The second kappa shape index (κ2) is 4.77.